The Kier molecular flexibility index (Phi) is 6.12. The van der Waals surface area contributed by atoms with Gasteiger partial charge < -0.3 is 19.9 Å². The first-order valence-corrected chi connectivity index (χ1v) is 6.86. The molecular weight excluding hydrogens is 305 g/mol. The van der Waals surface area contributed by atoms with Crippen molar-refractivity contribution in [3.63, 3.8) is 0 Å². The minimum Gasteiger partial charge on any atom is -0.496 e. The lowest BCUT2D eigenvalue weighted by molar-refractivity contribution is -0.132. The number of carbonyl (C=O) groups is 2. The highest BCUT2D eigenvalue weighted by molar-refractivity contribution is 5.93. The first kappa shape index (κ1) is 18.5. The number of carboxylic acids is 1. The lowest BCUT2D eigenvalue weighted by Crippen LogP contribution is -2.34. The molecule has 0 aliphatic rings. The van der Waals surface area contributed by atoms with Gasteiger partial charge in [0, 0.05) is 5.56 Å². The Morgan fingerprint density at radius 3 is 2.52 bits per heavy atom. The predicted molar refractivity (Wildman–Crippen MR) is 82.8 cm³/mol. The van der Waals surface area contributed by atoms with E-state index >= 15 is 0 Å². The smallest absolute Gasteiger partial charge is 0.407 e. The third kappa shape index (κ3) is 6.37. The van der Waals surface area contributed by atoms with E-state index < -0.39 is 23.5 Å². The lowest BCUT2D eigenvalue weighted by Gasteiger charge is -2.19. The van der Waals surface area contributed by atoms with Crippen LogP contribution in [-0.4, -0.2) is 36.4 Å². The molecule has 0 aliphatic heterocycles. The Balaban J connectivity index is 2.93. The fourth-order valence-electron chi connectivity index (χ4n) is 1.68. The van der Waals surface area contributed by atoms with Crippen LogP contribution >= 0.6 is 0 Å². The molecule has 2 N–H and O–H groups in total. The third-order valence-electron chi connectivity index (χ3n) is 2.62. The van der Waals surface area contributed by atoms with Crippen molar-refractivity contribution >= 4 is 18.1 Å². The molecule has 1 amide bonds. The molecule has 0 bridgehead atoms. The number of rotatable bonds is 5. The van der Waals surface area contributed by atoms with Gasteiger partial charge in [0.05, 0.1) is 19.2 Å². The lowest BCUT2D eigenvalue weighted by atomic mass is 10.1. The van der Waals surface area contributed by atoms with Gasteiger partial charge in [-0.15, -0.1) is 0 Å². The average molecular weight is 325 g/mol. The predicted octanol–water partition coefficient (Wildman–Crippen LogP) is 2.83. The standard InChI is InChI=1S/C16H20FNO5/c1-16(2,3)23-15(21)18-9-11(14(19)20)7-10-8-12(17)5-6-13(10)22-4/h5-8H,9H2,1-4H3,(H,18,21)(H,19,20)/b11-7+. The molecule has 0 unspecified atom stereocenters. The number of ether oxygens (including phenoxy) is 2. The van der Waals surface area contributed by atoms with Gasteiger partial charge in [-0.2, -0.15) is 0 Å². The molecule has 0 fully saturated rings. The number of carbonyl (C=O) groups excluding carboxylic acids is 1. The van der Waals surface area contributed by atoms with Gasteiger partial charge in [0.25, 0.3) is 0 Å². The summed E-state index contributed by atoms with van der Waals surface area (Å²) in [5.41, 5.74) is -0.571. The number of hydrogen-bond acceptors (Lipinski definition) is 4. The molecule has 1 aromatic carbocycles. The maximum atomic E-state index is 13.3. The van der Waals surface area contributed by atoms with Crippen molar-refractivity contribution in [1.82, 2.24) is 5.32 Å². The summed E-state index contributed by atoms with van der Waals surface area (Å²) >= 11 is 0. The number of carboxylic acid groups (broad SMARTS) is 1. The van der Waals surface area contributed by atoms with Crippen LogP contribution in [0.25, 0.3) is 6.08 Å². The molecule has 126 valence electrons. The Labute approximate surface area is 133 Å². The first-order chi connectivity index (χ1) is 10.6. The molecule has 0 heterocycles. The molecule has 0 radical (unpaired) electrons. The summed E-state index contributed by atoms with van der Waals surface area (Å²) in [6.45, 7) is 4.80. The van der Waals surface area contributed by atoms with E-state index in [2.05, 4.69) is 5.32 Å². The Bertz CT molecular complexity index is 619. The fourth-order valence-corrected chi connectivity index (χ4v) is 1.68. The second-order valence-corrected chi connectivity index (χ2v) is 5.72. The van der Waals surface area contributed by atoms with E-state index in [-0.39, 0.29) is 17.7 Å². The van der Waals surface area contributed by atoms with Crippen LogP contribution < -0.4 is 10.1 Å². The molecule has 7 heteroatoms. The molecule has 0 saturated carbocycles. The van der Waals surface area contributed by atoms with Crippen LogP contribution in [0.3, 0.4) is 0 Å². The van der Waals surface area contributed by atoms with Crippen molar-refractivity contribution in [3.05, 3.63) is 35.2 Å². The van der Waals surface area contributed by atoms with Gasteiger partial charge in [0.15, 0.2) is 0 Å². The van der Waals surface area contributed by atoms with Crippen LogP contribution in [0.5, 0.6) is 5.75 Å². The molecule has 1 aromatic rings. The van der Waals surface area contributed by atoms with Crippen molar-refractivity contribution in [2.24, 2.45) is 0 Å². The number of halogens is 1. The van der Waals surface area contributed by atoms with Crippen molar-refractivity contribution in [2.45, 2.75) is 26.4 Å². The van der Waals surface area contributed by atoms with Crippen molar-refractivity contribution in [3.8, 4) is 5.75 Å². The molecule has 0 saturated heterocycles. The van der Waals surface area contributed by atoms with Crippen molar-refractivity contribution in [2.75, 3.05) is 13.7 Å². The average Bonchev–Trinajstić information content (AvgIpc) is 2.41. The van der Waals surface area contributed by atoms with Gasteiger partial charge in [0.1, 0.15) is 17.2 Å². The van der Waals surface area contributed by atoms with Crippen LogP contribution in [0, 0.1) is 5.82 Å². The van der Waals surface area contributed by atoms with Gasteiger partial charge in [-0.25, -0.2) is 14.0 Å². The Hall–Kier alpha value is -2.57. The third-order valence-corrected chi connectivity index (χ3v) is 2.62. The molecule has 0 spiro atoms. The van der Waals surface area contributed by atoms with Crippen LogP contribution in [0.2, 0.25) is 0 Å². The van der Waals surface area contributed by atoms with E-state index in [1.54, 1.807) is 20.8 Å². The largest absolute Gasteiger partial charge is 0.496 e. The maximum Gasteiger partial charge on any atom is 0.407 e. The van der Waals surface area contributed by atoms with E-state index in [1.165, 1.54) is 25.3 Å². The summed E-state index contributed by atoms with van der Waals surface area (Å²) in [7, 11) is 1.39. The second-order valence-electron chi connectivity index (χ2n) is 5.72. The summed E-state index contributed by atoms with van der Waals surface area (Å²) in [5.74, 6) is -1.45. The van der Waals surface area contributed by atoms with Gasteiger partial charge in [0.2, 0.25) is 0 Å². The number of benzene rings is 1. The number of alkyl carbamates (subject to hydrolysis) is 1. The van der Waals surface area contributed by atoms with Crippen LogP contribution in [-0.2, 0) is 9.53 Å². The molecule has 23 heavy (non-hydrogen) atoms. The summed E-state index contributed by atoms with van der Waals surface area (Å²) in [5, 5.41) is 11.6. The van der Waals surface area contributed by atoms with Gasteiger partial charge in [-0.3, -0.25) is 0 Å². The molecular formula is C16H20FNO5. The zero-order valence-corrected chi connectivity index (χ0v) is 13.5. The van der Waals surface area contributed by atoms with Gasteiger partial charge in [-0.05, 0) is 45.0 Å². The van der Waals surface area contributed by atoms with Crippen LogP contribution in [0.15, 0.2) is 23.8 Å². The zero-order valence-electron chi connectivity index (χ0n) is 13.5. The monoisotopic (exact) mass is 325 g/mol. The van der Waals surface area contributed by atoms with Crippen molar-refractivity contribution < 1.29 is 28.6 Å². The topological polar surface area (TPSA) is 84.9 Å². The summed E-state index contributed by atoms with van der Waals surface area (Å²) in [6, 6.07) is 3.74. The normalized spacial score (nSPS) is 11.8. The highest BCUT2D eigenvalue weighted by atomic mass is 19.1. The minimum atomic E-state index is -1.24. The number of aliphatic carboxylic acids is 1. The minimum absolute atomic E-state index is 0.139. The molecule has 6 nitrogen and oxygen atoms in total. The van der Waals surface area contributed by atoms with E-state index in [1.807, 2.05) is 0 Å². The second kappa shape index (κ2) is 7.62. The van der Waals surface area contributed by atoms with Gasteiger partial charge >= 0.3 is 12.1 Å². The van der Waals surface area contributed by atoms with E-state index in [0.717, 1.165) is 6.07 Å². The number of hydrogen-bond donors (Lipinski definition) is 2. The number of amides is 1. The Morgan fingerprint density at radius 1 is 1.35 bits per heavy atom. The highest BCUT2D eigenvalue weighted by Gasteiger charge is 2.17. The summed E-state index contributed by atoms with van der Waals surface area (Å²) < 4.78 is 23.4. The number of methoxy groups -OCH3 is 1. The Morgan fingerprint density at radius 2 is 2.00 bits per heavy atom. The van der Waals surface area contributed by atoms with E-state index in [0.29, 0.717) is 5.75 Å². The van der Waals surface area contributed by atoms with E-state index in [9.17, 15) is 19.1 Å². The highest BCUT2D eigenvalue weighted by Crippen LogP contribution is 2.22. The van der Waals surface area contributed by atoms with E-state index in [4.69, 9.17) is 9.47 Å². The quantitative estimate of drug-likeness (QED) is 0.813. The zero-order chi connectivity index (χ0) is 17.6. The summed E-state index contributed by atoms with van der Waals surface area (Å²) in [6.07, 6.45) is 0.498. The van der Waals surface area contributed by atoms with Crippen molar-refractivity contribution in [1.29, 1.82) is 0 Å². The molecule has 1 rings (SSSR count). The molecule has 0 aromatic heterocycles. The first-order valence-electron chi connectivity index (χ1n) is 6.86. The SMILES string of the molecule is COc1ccc(F)cc1/C=C(\CNC(=O)OC(C)(C)C)C(=O)O. The fraction of sp³-hybridized carbons (Fsp3) is 0.375. The number of nitrogens with one attached hydrogen (secondary N) is 1. The van der Waals surface area contributed by atoms with Crippen LogP contribution in [0.1, 0.15) is 26.3 Å². The van der Waals surface area contributed by atoms with Gasteiger partial charge in [-0.1, -0.05) is 0 Å². The maximum absolute atomic E-state index is 13.3. The molecule has 0 aliphatic carbocycles. The molecule has 0 atom stereocenters. The van der Waals surface area contributed by atoms with Crippen LogP contribution in [0.4, 0.5) is 9.18 Å². The summed E-state index contributed by atoms with van der Waals surface area (Å²) in [4.78, 5) is 22.9.